The molecule has 19 heavy (non-hydrogen) atoms. The first-order valence-electron chi connectivity index (χ1n) is 6.66. The predicted molar refractivity (Wildman–Crippen MR) is 74.6 cm³/mol. The van der Waals surface area contributed by atoms with Crippen LogP contribution in [0.4, 0.5) is 0 Å². The molecule has 1 rings (SSSR count). The molecule has 0 unspecified atom stereocenters. The average Bonchev–Trinajstić information content (AvgIpc) is 2.37. The number of nitrogens with zero attached hydrogens (tertiary/aromatic N) is 1. The van der Waals surface area contributed by atoms with Gasteiger partial charge in [-0.3, -0.25) is 9.69 Å². The van der Waals surface area contributed by atoms with Crippen molar-refractivity contribution in [1.82, 2.24) is 4.90 Å². The Kier molecular flexibility index (Phi) is 6.61. The SMILES string of the molecule is C=CCC[C@@](C)(C#CCN1CCOCC1)OC(C)=O. The first-order chi connectivity index (χ1) is 9.06. The fourth-order valence-electron chi connectivity index (χ4n) is 1.93. The molecule has 0 amide bonds. The molecule has 1 aliphatic rings. The monoisotopic (exact) mass is 265 g/mol. The van der Waals surface area contributed by atoms with Crippen molar-refractivity contribution in [3.05, 3.63) is 12.7 Å². The number of allylic oxidation sites excluding steroid dienone is 1. The van der Waals surface area contributed by atoms with E-state index in [1.807, 2.05) is 13.0 Å². The molecule has 106 valence electrons. The minimum Gasteiger partial charge on any atom is -0.446 e. The summed E-state index contributed by atoms with van der Waals surface area (Å²) in [5, 5.41) is 0. The van der Waals surface area contributed by atoms with Gasteiger partial charge in [-0.05, 0) is 13.3 Å². The van der Waals surface area contributed by atoms with E-state index in [2.05, 4.69) is 23.3 Å². The summed E-state index contributed by atoms with van der Waals surface area (Å²) in [5.74, 6) is 5.91. The highest BCUT2D eigenvalue weighted by Crippen LogP contribution is 2.17. The van der Waals surface area contributed by atoms with Gasteiger partial charge in [-0.25, -0.2) is 0 Å². The van der Waals surface area contributed by atoms with Crippen LogP contribution in [0.25, 0.3) is 0 Å². The molecule has 0 radical (unpaired) electrons. The third-order valence-electron chi connectivity index (χ3n) is 2.95. The lowest BCUT2D eigenvalue weighted by Crippen LogP contribution is -2.36. The van der Waals surface area contributed by atoms with Crippen LogP contribution < -0.4 is 0 Å². The standard InChI is InChI=1S/C15H23NO3/c1-4-5-7-15(3,19-14(2)17)8-6-9-16-10-12-18-13-11-16/h4H,1,5,7,9-13H2,2-3H3/t15-/m0/s1. The second-order valence-corrected chi connectivity index (χ2v) is 4.84. The normalized spacial score (nSPS) is 18.8. The lowest BCUT2D eigenvalue weighted by atomic mass is 10.0. The molecular formula is C15H23NO3. The van der Waals surface area contributed by atoms with Crippen LogP contribution in [0.3, 0.4) is 0 Å². The number of ether oxygens (including phenoxy) is 2. The molecule has 0 aromatic carbocycles. The van der Waals surface area contributed by atoms with Gasteiger partial charge in [-0.1, -0.05) is 17.9 Å². The molecule has 0 spiro atoms. The fraction of sp³-hybridized carbons (Fsp3) is 0.667. The van der Waals surface area contributed by atoms with Crippen LogP contribution in [0.5, 0.6) is 0 Å². The molecule has 1 aliphatic heterocycles. The summed E-state index contributed by atoms with van der Waals surface area (Å²) in [6.07, 6.45) is 3.26. The zero-order valence-corrected chi connectivity index (χ0v) is 11.9. The van der Waals surface area contributed by atoms with E-state index in [1.165, 1.54) is 6.92 Å². The summed E-state index contributed by atoms with van der Waals surface area (Å²) < 4.78 is 10.6. The molecule has 0 bridgehead atoms. The van der Waals surface area contributed by atoms with Crippen molar-refractivity contribution in [2.45, 2.75) is 32.3 Å². The van der Waals surface area contributed by atoms with Gasteiger partial charge in [-0.15, -0.1) is 6.58 Å². The Morgan fingerprint density at radius 2 is 2.21 bits per heavy atom. The van der Waals surface area contributed by atoms with Crippen molar-refractivity contribution in [2.24, 2.45) is 0 Å². The van der Waals surface area contributed by atoms with Gasteiger partial charge < -0.3 is 9.47 Å². The Bertz CT molecular complexity index is 363. The van der Waals surface area contributed by atoms with E-state index in [0.717, 1.165) is 32.7 Å². The molecule has 0 saturated carbocycles. The first kappa shape index (κ1) is 15.7. The zero-order chi connectivity index (χ0) is 14.1. The second kappa shape index (κ2) is 7.98. The number of carbonyl (C=O) groups is 1. The van der Waals surface area contributed by atoms with Crippen LogP contribution in [0, 0.1) is 11.8 Å². The van der Waals surface area contributed by atoms with E-state index in [-0.39, 0.29) is 5.97 Å². The van der Waals surface area contributed by atoms with Crippen LogP contribution in [0.1, 0.15) is 26.7 Å². The number of carbonyl (C=O) groups excluding carboxylic acids is 1. The first-order valence-corrected chi connectivity index (χ1v) is 6.66. The number of esters is 1. The van der Waals surface area contributed by atoms with Gasteiger partial charge in [0, 0.05) is 26.4 Å². The summed E-state index contributed by atoms with van der Waals surface area (Å²) >= 11 is 0. The Labute approximate surface area is 115 Å². The van der Waals surface area contributed by atoms with E-state index in [9.17, 15) is 4.79 Å². The highest BCUT2D eigenvalue weighted by Gasteiger charge is 2.24. The molecule has 0 aromatic heterocycles. The molecule has 1 saturated heterocycles. The number of hydrogen-bond donors (Lipinski definition) is 0. The third-order valence-corrected chi connectivity index (χ3v) is 2.95. The number of hydrogen-bond acceptors (Lipinski definition) is 4. The van der Waals surface area contributed by atoms with Crippen molar-refractivity contribution in [3.63, 3.8) is 0 Å². The molecule has 0 N–H and O–H groups in total. The topological polar surface area (TPSA) is 38.8 Å². The van der Waals surface area contributed by atoms with Gasteiger partial charge in [-0.2, -0.15) is 0 Å². The van der Waals surface area contributed by atoms with Crippen LogP contribution in [-0.4, -0.2) is 49.3 Å². The second-order valence-electron chi connectivity index (χ2n) is 4.84. The van der Waals surface area contributed by atoms with E-state index in [0.29, 0.717) is 13.0 Å². The number of morpholine rings is 1. The molecular weight excluding hydrogens is 242 g/mol. The zero-order valence-electron chi connectivity index (χ0n) is 11.9. The largest absolute Gasteiger partial charge is 0.446 e. The Morgan fingerprint density at radius 1 is 1.53 bits per heavy atom. The molecule has 0 aliphatic carbocycles. The summed E-state index contributed by atoms with van der Waals surface area (Å²) in [7, 11) is 0. The molecule has 4 heteroatoms. The van der Waals surface area contributed by atoms with Crippen LogP contribution in [0.15, 0.2) is 12.7 Å². The molecule has 1 heterocycles. The molecule has 1 atom stereocenters. The maximum atomic E-state index is 11.1. The Hall–Kier alpha value is -1.31. The minimum atomic E-state index is -0.716. The van der Waals surface area contributed by atoms with Crippen molar-refractivity contribution in [1.29, 1.82) is 0 Å². The maximum Gasteiger partial charge on any atom is 0.304 e. The molecule has 4 nitrogen and oxygen atoms in total. The quantitative estimate of drug-likeness (QED) is 0.430. The van der Waals surface area contributed by atoms with Crippen LogP contribution in [0.2, 0.25) is 0 Å². The summed E-state index contributed by atoms with van der Waals surface area (Å²) in [6.45, 7) is 11.0. The van der Waals surface area contributed by atoms with E-state index in [4.69, 9.17) is 9.47 Å². The summed E-state index contributed by atoms with van der Waals surface area (Å²) in [4.78, 5) is 13.4. The van der Waals surface area contributed by atoms with Crippen LogP contribution >= 0.6 is 0 Å². The minimum absolute atomic E-state index is 0.299. The number of rotatable bonds is 5. The van der Waals surface area contributed by atoms with E-state index in [1.54, 1.807) is 0 Å². The van der Waals surface area contributed by atoms with Gasteiger partial charge in [0.25, 0.3) is 0 Å². The van der Waals surface area contributed by atoms with Crippen molar-refractivity contribution >= 4 is 5.97 Å². The lowest BCUT2D eigenvalue weighted by Gasteiger charge is -2.25. The Balaban J connectivity index is 2.54. The lowest BCUT2D eigenvalue weighted by molar-refractivity contribution is -0.150. The summed E-state index contributed by atoms with van der Waals surface area (Å²) in [5.41, 5.74) is -0.716. The average molecular weight is 265 g/mol. The smallest absolute Gasteiger partial charge is 0.304 e. The van der Waals surface area contributed by atoms with Gasteiger partial charge in [0.05, 0.1) is 19.8 Å². The maximum absolute atomic E-state index is 11.1. The van der Waals surface area contributed by atoms with Gasteiger partial charge in [0.1, 0.15) is 0 Å². The van der Waals surface area contributed by atoms with Crippen molar-refractivity contribution in [3.8, 4) is 11.8 Å². The predicted octanol–water partition coefficient (Wildman–Crippen LogP) is 1.61. The highest BCUT2D eigenvalue weighted by atomic mass is 16.6. The van der Waals surface area contributed by atoms with Gasteiger partial charge in [0.15, 0.2) is 5.60 Å². The molecule has 0 aromatic rings. The van der Waals surface area contributed by atoms with Gasteiger partial charge in [0.2, 0.25) is 0 Å². The van der Waals surface area contributed by atoms with E-state index < -0.39 is 5.60 Å². The van der Waals surface area contributed by atoms with E-state index >= 15 is 0 Å². The van der Waals surface area contributed by atoms with Crippen LogP contribution in [-0.2, 0) is 14.3 Å². The van der Waals surface area contributed by atoms with Crippen molar-refractivity contribution < 1.29 is 14.3 Å². The molecule has 1 fully saturated rings. The highest BCUT2D eigenvalue weighted by molar-refractivity contribution is 5.67. The van der Waals surface area contributed by atoms with Gasteiger partial charge >= 0.3 is 5.97 Å². The summed E-state index contributed by atoms with van der Waals surface area (Å²) in [6, 6.07) is 0. The third kappa shape index (κ3) is 6.42. The Morgan fingerprint density at radius 3 is 2.79 bits per heavy atom. The van der Waals surface area contributed by atoms with Crippen molar-refractivity contribution in [2.75, 3.05) is 32.8 Å². The fourth-order valence-corrected chi connectivity index (χ4v) is 1.93.